The van der Waals surface area contributed by atoms with E-state index < -0.39 is 11.9 Å². The van der Waals surface area contributed by atoms with Crippen molar-refractivity contribution in [3.05, 3.63) is 23.7 Å². The molecule has 2 aliphatic heterocycles. The molecule has 9 heteroatoms. The first kappa shape index (κ1) is 19.6. The molecule has 2 atom stereocenters. The van der Waals surface area contributed by atoms with Crippen LogP contribution >= 0.6 is 11.3 Å². The third kappa shape index (κ3) is 3.55. The number of rotatable bonds is 2. The van der Waals surface area contributed by atoms with E-state index in [1.54, 1.807) is 6.20 Å². The monoisotopic (exact) mass is 415 g/mol. The van der Waals surface area contributed by atoms with Gasteiger partial charge >= 0.3 is 6.03 Å². The number of fused-ring (bicyclic) bond motifs is 3. The molecule has 3 N–H and O–H groups in total. The predicted octanol–water partition coefficient (Wildman–Crippen LogP) is 3.12. The van der Waals surface area contributed by atoms with E-state index in [0.717, 1.165) is 28.2 Å². The first-order valence-corrected chi connectivity index (χ1v) is 10.5. The second-order valence-electron chi connectivity index (χ2n) is 8.64. The molecule has 0 radical (unpaired) electrons. The number of primary amides is 1. The first-order chi connectivity index (χ1) is 13.6. The van der Waals surface area contributed by atoms with Crippen molar-refractivity contribution in [2.45, 2.75) is 52.2 Å². The van der Waals surface area contributed by atoms with Crippen LogP contribution in [0.25, 0.3) is 10.4 Å². The minimum Gasteiger partial charge on any atom is -0.485 e. The van der Waals surface area contributed by atoms with Gasteiger partial charge in [0.15, 0.2) is 5.13 Å². The summed E-state index contributed by atoms with van der Waals surface area (Å²) in [5.74, 6) is 0.286. The van der Waals surface area contributed by atoms with Crippen LogP contribution in [0.5, 0.6) is 5.75 Å². The van der Waals surface area contributed by atoms with Gasteiger partial charge in [-0.2, -0.15) is 0 Å². The summed E-state index contributed by atoms with van der Waals surface area (Å²) in [6.45, 7) is 9.08. The normalized spacial score (nSPS) is 20.6. The van der Waals surface area contributed by atoms with Crippen LogP contribution in [0.4, 0.5) is 9.93 Å². The van der Waals surface area contributed by atoms with Crippen LogP contribution in [0.3, 0.4) is 0 Å². The lowest BCUT2D eigenvalue weighted by Gasteiger charge is -2.23. The lowest BCUT2D eigenvalue weighted by Crippen LogP contribution is -2.47. The molecule has 3 amide bonds. The second kappa shape index (κ2) is 6.98. The van der Waals surface area contributed by atoms with Gasteiger partial charge in [-0.25, -0.2) is 9.78 Å². The molecule has 2 aliphatic rings. The van der Waals surface area contributed by atoms with Crippen molar-refractivity contribution in [3.63, 3.8) is 0 Å². The predicted molar refractivity (Wildman–Crippen MR) is 111 cm³/mol. The highest BCUT2D eigenvalue weighted by Crippen LogP contribution is 2.43. The number of nitrogens with one attached hydrogen (secondary N) is 1. The zero-order valence-corrected chi connectivity index (χ0v) is 17.8. The fourth-order valence-electron chi connectivity index (χ4n) is 3.78. The van der Waals surface area contributed by atoms with Crippen molar-refractivity contribution in [2.24, 2.45) is 11.7 Å². The lowest BCUT2D eigenvalue weighted by atomic mass is 9.90. The molecule has 0 spiro atoms. The Morgan fingerprint density at radius 2 is 2.14 bits per heavy atom. The molecule has 154 valence electrons. The van der Waals surface area contributed by atoms with E-state index in [1.165, 1.54) is 16.2 Å². The number of urea groups is 1. The number of thiazole rings is 1. The number of pyridine rings is 1. The van der Waals surface area contributed by atoms with E-state index in [2.05, 4.69) is 36.1 Å². The van der Waals surface area contributed by atoms with Crippen LogP contribution in [-0.2, 0) is 16.8 Å². The van der Waals surface area contributed by atoms with Gasteiger partial charge in [0.25, 0.3) is 0 Å². The summed E-state index contributed by atoms with van der Waals surface area (Å²) in [5.41, 5.74) is 8.08. The number of hydrogen-bond acceptors (Lipinski definition) is 6. The van der Waals surface area contributed by atoms with Crippen LogP contribution < -0.4 is 15.8 Å². The van der Waals surface area contributed by atoms with Gasteiger partial charge in [0, 0.05) is 23.2 Å². The average molecular weight is 416 g/mol. The maximum atomic E-state index is 12.8. The van der Waals surface area contributed by atoms with Gasteiger partial charge in [-0.15, -0.1) is 0 Å². The number of nitrogens with zero attached hydrogens (tertiary/aromatic N) is 3. The molecule has 0 saturated carbocycles. The summed E-state index contributed by atoms with van der Waals surface area (Å²) in [5, 5.41) is 3.32. The molecular weight excluding hydrogens is 390 g/mol. The highest BCUT2D eigenvalue weighted by molar-refractivity contribution is 7.19. The van der Waals surface area contributed by atoms with Gasteiger partial charge in [-0.05, 0) is 18.4 Å². The summed E-state index contributed by atoms with van der Waals surface area (Å²) in [6, 6.07) is 1.09. The minimum absolute atomic E-state index is 0.0475. The quantitative estimate of drug-likeness (QED) is 0.783. The van der Waals surface area contributed by atoms with Crippen molar-refractivity contribution >= 4 is 28.4 Å². The average Bonchev–Trinajstić information content (AvgIpc) is 3.23. The summed E-state index contributed by atoms with van der Waals surface area (Å²) in [4.78, 5) is 36.0. The van der Waals surface area contributed by atoms with E-state index in [9.17, 15) is 9.59 Å². The maximum absolute atomic E-state index is 12.8. The molecule has 0 aromatic carbocycles. The lowest BCUT2D eigenvalue weighted by molar-refractivity contribution is -0.122. The Hall–Kier alpha value is -2.68. The smallest absolute Gasteiger partial charge is 0.324 e. The largest absolute Gasteiger partial charge is 0.485 e. The van der Waals surface area contributed by atoms with Crippen molar-refractivity contribution in [1.82, 2.24) is 14.9 Å². The molecule has 0 unspecified atom stereocenters. The highest BCUT2D eigenvalue weighted by atomic mass is 32.1. The molecule has 8 nitrogen and oxygen atoms in total. The Morgan fingerprint density at radius 1 is 1.38 bits per heavy atom. The van der Waals surface area contributed by atoms with Gasteiger partial charge < -0.3 is 15.4 Å². The van der Waals surface area contributed by atoms with Crippen LogP contribution in [0.1, 0.15) is 45.5 Å². The summed E-state index contributed by atoms with van der Waals surface area (Å²) >= 11 is 1.40. The fraction of sp³-hybridized carbons (Fsp3) is 0.500. The molecule has 2 aromatic heterocycles. The molecule has 0 bridgehead atoms. The molecule has 0 aliphatic carbocycles. The van der Waals surface area contributed by atoms with Crippen LogP contribution in [0.2, 0.25) is 0 Å². The number of anilines is 1. The molecule has 1 fully saturated rings. The number of aromatic nitrogens is 2. The number of likely N-dealkylation sites (tertiary alicyclic amines) is 1. The molecule has 1 saturated heterocycles. The van der Waals surface area contributed by atoms with Crippen molar-refractivity contribution < 1.29 is 14.3 Å². The first-order valence-electron chi connectivity index (χ1n) is 9.65. The Balaban J connectivity index is 1.60. The topological polar surface area (TPSA) is 110 Å². The van der Waals surface area contributed by atoms with E-state index in [-0.39, 0.29) is 17.4 Å². The zero-order valence-electron chi connectivity index (χ0n) is 17.0. The Morgan fingerprint density at radius 3 is 2.83 bits per heavy atom. The van der Waals surface area contributed by atoms with Crippen LogP contribution in [0, 0.1) is 5.92 Å². The van der Waals surface area contributed by atoms with Gasteiger partial charge in [0.2, 0.25) is 5.91 Å². The number of nitrogens with two attached hydrogens (primary N) is 1. The van der Waals surface area contributed by atoms with E-state index >= 15 is 0 Å². The zero-order chi connectivity index (χ0) is 20.9. The SMILES string of the molecule is C[C@@H]1CCN(C(=O)Nc2nc3c(s2)-c2cc(C(C)(C)C)ncc2OC3)[C@@H]1C(N)=O. The van der Waals surface area contributed by atoms with Crippen molar-refractivity contribution in [3.8, 4) is 16.2 Å². The molecule has 29 heavy (non-hydrogen) atoms. The Labute approximate surface area is 173 Å². The number of carbonyl (C=O) groups is 2. The van der Waals surface area contributed by atoms with Crippen LogP contribution in [-0.4, -0.2) is 39.4 Å². The third-order valence-electron chi connectivity index (χ3n) is 5.41. The summed E-state index contributed by atoms with van der Waals surface area (Å²) in [7, 11) is 0. The van der Waals surface area contributed by atoms with E-state index in [4.69, 9.17) is 10.5 Å². The van der Waals surface area contributed by atoms with E-state index in [0.29, 0.717) is 24.0 Å². The van der Waals surface area contributed by atoms with Crippen molar-refractivity contribution in [1.29, 1.82) is 0 Å². The minimum atomic E-state index is -0.589. The van der Waals surface area contributed by atoms with Crippen LogP contribution in [0.15, 0.2) is 12.3 Å². The number of carbonyl (C=O) groups excluding carboxylic acids is 2. The van der Waals surface area contributed by atoms with Gasteiger partial charge in [-0.3, -0.25) is 15.1 Å². The number of amides is 3. The van der Waals surface area contributed by atoms with Gasteiger partial charge in [-0.1, -0.05) is 39.0 Å². The molecular formula is C20H25N5O3S. The second-order valence-corrected chi connectivity index (χ2v) is 9.63. The highest BCUT2D eigenvalue weighted by Gasteiger charge is 2.38. The fourth-order valence-corrected chi connectivity index (χ4v) is 4.76. The molecule has 4 heterocycles. The summed E-state index contributed by atoms with van der Waals surface area (Å²) in [6.07, 6.45) is 2.50. The summed E-state index contributed by atoms with van der Waals surface area (Å²) < 4.78 is 5.80. The molecule has 4 rings (SSSR count). The maximum Gasteiger partial charge on any atom is 0.324 e. The van der Waals surface area contributed by atoms with Gasteiger partial charge in [0.1, 0.15) is 18.4 Å². The van der Waals surface area contributed by atoms with E-state index in [1.807, 2.05) is 13.0 Å². The van der Waals surface area contributed by atoms with Gasteiger partial charge in [0.05, 0.1) is 16.8 Å². The number of ether oxygens (including phenoxy) is 1. The Kier molecular flexibility index (Phi) is 4.72. The standard InChI is InChI=1S/C20H25N5O3S/c1-10-5-6-25(15(10)17(21)26)19(27)24-18-23-12-9-28-13-8-22-14(20(2,3)4)7-11(13)16(12)29-18/h7-8,10,15H,5-6,9H2,1-4H3,(H2,21,26)(H,23,24,27)/t10-,15+/m1/s1. The third-order valence-corrected chi connectivity index (χ3v) is 6.45. The molecule has 2 aromatic rings. The number of hydrogen-bond donors (Lipinski definition) is 2. The Bertz CT molecular complexity index is 981. The van der Waals surface area contributed by atoms with Crippen molar-refractivity contribution in [2.75, 3.05) is 11.9 Å².